The number of fused-ring (bicyclic) bond motifs is 1. The van der Waals surface area contributed by atoms with E-state index in [4.69, 9.17) is 9.47 Å². The van der Waals surface area contributed by atoms with E-state index < -0.39 is 0 Å². The highest BCUT2D eigenvalue weighted by Gasteiger charge is 2.34. The van der Waals surface area contributed by atoms with Crippen LogP contribution in [0, 0.1) is 12.8 Å². The Morgan fingerprint density at radius 3 is 2.42 bits per heavy atom. The van der Waals surface area contributed by atoms with Crippen molar-refractivity contribution in [2.45, 2.75) is 33.2 Å². The number of methoxy groups -OCH3 is 2. The molecule has 0 N–H and O–H groups in total. The molecule has 4 heteroatoms. The van der Waals surface area contributed by atoms with Crippen LogP contribution >= 0.6 is 0 Å². The lowest BCUT2D eigenvalue weighted by Gasteiger charge is -2.40. The van der Waals surface area contributed by atoms with Gasteiger partial charge in [0.2, 0.25) is 0 Å². The Morgan fingerprint density at radius 2 is 1.81 bits per heavy atom. The molecular weight excluding hydrogens is 326 g/mol. The summed E-state index contributed by atoms with van der Waals surface area (Å²) >= 11 is 0. The van der Waals surface area contributed by atoms with Gasteiger partial charge in [-0.2, -0.15) is 0 Å². The molecule has 1 unspecified atom stereocenters. The van der Waals surface area contributed by atoms with E-state index >= 15 is 0 Å². The number of ether oxygens (including phenoxy) is 2. The molecule has 0 fully saturated rings. The topological polar surface area (TPSA) is 38.8 Å². The first-order valence-electron chi connectivity index (χ1n) is 9.08. The summed E-state index contributed by atoms with van der Waals surface area (Å²) in [5.74, 6) is 1.84. The van der Waals surface area contributed by atoms with Crippen molar-refractivity contribution in [2.75, 3.05) is 20.8 Å². The summed E-state index contributed by atoms with van der Waals surface area (Å²) in [4.78, 5) is 15.2. The van der Waals surface area contributed by atoms with Crippen LogP contribution in [0.1, 0.15) is 46.9 Å². The smallest absolute Gasteiger partial charge is 0.254 e. The van der Waals surface area contributed by atoms with E-state index in [1.807, 2.05) is 42.2 Å². The van der Waals surface area contributed by atoms with Crippen LogP contribution < -0.4 is 9.47 Å². The molecule has 1 atom stereocenters. The zero-order valence-electron chi connectivity index (χ0n) is 16.2. The van der Waals surface area contributed by atoms with Crippen molar-refractivity contribution in [3.8, 4) is 11.5 Å². The van der Waals surface area contributed by atoms with E-state index in [0.29, 0.717) is 18.2 Å². The van der Waals surface area contributed by atoms with Crippen molar-refractivity contribution in [3.05, 3.63) is 58.7 Å². The summed E-state index contributed by atoms with van der Waals surface area (Å²) in [7, 11) is 3.30. The van der Waals surface area contributed by atoms with Crippen molar-refractivity contribution < 1.29 is 14.3 Å². The molecule has 3 rings (SSSR count). The third-order valence-electron chi connectivity index (χ3n) is 5.08. The maximum Gasteiger partial charge on any atom is 0.254 e. The molecule has 1 amide bonds. The van der Waals surface area contributed by atoms with Crippen LogP contribution in [0.25, 0.3) is 0 Å². The molecule has 4 nitrogen and oxygen atoms in total. The predicted molar refractivity (Wildman–Crippen MR) is 103 cm³/mol. The van der Waals surface area contributed by atoms with Crippen LogP contribution in [0.2, 0.25) is 0 Å². The van der Waals surface area contributed by atoms with E-state index in [1.165, 1.54) is 5.56 Å². The highest BCUT2D eigenvalue weighted by Crippen LogP contribution is 2.41. The second-order valence-electron chi connectivity index (χ2n) is 7.21. The first-order valence-corrected chi connectivity index (χ1v) is 9.08. The number of nitrogens with zero attached hydrogens (tertiary/aromatic N) is 1. The summed E-state index contributed by atoms with van der Waals surface area (Å²) in [5, 5.41) is 0. The summed E-state index contributed by atoms with van der Waals surface area (Å²) in [6.45, 7) is 7.04. The number of aryl methyl sites for hydroxylation is 1. The number of carbonyl (C=O) groups is 1. The van der Waals surface area contributed by atoms with Gasteiger partial charge >= 0.3 is 0 Å². The predicted octanol–water partition coefficient (Wildman–Crippen LogP) is 4.41. The second-order valence-corrected chi connectivity index (χ2v) is 7.21. The molecule has 0 aromatic heterocycles. The Kier molecular flexibility index (Phi) is 5.21. The molecule has 0 saturated heterocycles. The van der Waals surface area contributed by atoms with Crippen LogP contribution in [-0.2, 0) is 6.42 Å². The molecule has 1 aliphatic heterocycles. The lowest BCUT2D eigenvalue weighted by Crippen LogP contribution is -2.42. The van der Waals surface area contributed by atoms with Gasteiger partial charge in [0.25, 0.3) is 5.91 Å². The summed E-state index contributed by atoms with van der Waals surface area (Å²) in [5.41, 5.74) is 4.24. The molecular formula is C22H27NO3. The quantitative estimate of drug-likeness (QED) is 0.817. The van der Waals surface area contributed by atoms with Gasteiger partial charge in [-0.3, -0.25) is 4.79 Å². The molecule has 26 heavy (non-hydrogen) atoms. The minimum Gasteiger partial charge on any atom is -0.493 e. The summed E-state index contributed by atoms with van der Waals surface area (Å²) < 4.78 is 10.9. The third kappa shape index (κ3) is 3.28. The van der Waals surface area contributed by atoms with Crippen molar-refractivity contribution in [3.63, 3.8) is 0 Å². The zero-order valence-corrected chi connectivity index (χ0v) is 16.2. The molecule has 1 heterocycles. The molecule has 0 spiro atoms. The lowest BCUT2D eigenvalue weighted by atomic mass is 9.85. The minimum absolute atomic E-state index is 0.0200. The summed E-state index contributed by atoms with van der Waals surface area (Å²) in [6, 6.07) is 11.9. The van der Waals surface area contributed by atoms with Crippen molar-refractivity contribution in [1.29, 1.82) is 0 Å². The maximum atomic E-state index is 13.2. The molecule has 0 bridgehead atoms. The number of rotatable bonds is 4. The van der Waals surface area contributed by atoms with Crippen LogP contribution in [0.4, 0.5) is 0 Å². The first kappa shape index (κ1) is 18.3. The molecule has 138 valence electrons. The van der Waals surface area contributed by atoms with Crippen LogP contribution in [0.3, 0.4) is 0 Å². The largest absolute Gasteiger partial charge is 0.493 e. The average Bonchev–Trinajstić information content (AvgIpc) is 2.64. The highest BCUT2D eigenvalue weighted by molar-refractivity contribution is 5.95. The lowest BCUT2D eigenvalue weighted by molar-refractivity contribution is 0.0602. The number of hydrogen-bond donors (Lipinski definition) is 0. The number of hydrogen-bond acceptors (Lipinski definition) is 3. The Labute approximate surface area is 155 Å². The first-order chi connectivity index (χ1) is 12.5. The number of amides is 1. The zero-order chi connectivity index (χ0) is 18.8. The minimum atomic E-state index is 0.0200. The van der Waals surface area contributed by atoms with Crippen molar-refractivity contribution >= 4 is 5.91 Å². The third-order valence-corrected chi connectivity index (χ3v) is 5.08. The molecule has 0 saturated carbocycles. The van der Waals surface area contributed by atoms with Gasteiger partial charge < -0.3 is 14.4 Å². The standard InChI is InChI=1S/C22H27NO3/c1-14(2)21-18-13-20(26-5)19(25-4)12-16(18)9-10-23(21)22(24)17-8-6-7-15(3)11-17/h6-8,11-14,21H,9-10H2,1-5H3. The normalized spacial score (nSPS) is 16.4. The van der Waals surface area contributed by atoms with Gasteiger partial charge in [0, 0.05) is 12.1 Å². The SMILES string of the molecule is COc1cc2c(cc1OC)C(C(C)C)N(C(=O)c1cccc(C)c1)CC2. The number of carbonyl (C=O) groups excluding carboxylic acids is 1. The fourth-order valence-electron chi connectivity index (χ4n) is 3.87. The van der Waals surface area contributed by atoms with Crippen LogP contribution in [0.15, 0.2) is 36.4 Å². The van der Waals surface area contributed by atoms with Gasteiger partial charge in [0.05, 0.1) is 20.3 Å². The molecule has 2 aromatic carbocycles. The Morgan fingerprint density at radius 1 is 1.12 bits per heavy atom. The Balaban J connectivity index is 2.04. The fourth-order valence-corrected chi connectivity index (χ4v) is 3.87. The second kappa shape index (κ2) is 7.40. The van der Waals surface area contributed by atoms with Crippen LogP contribution in [-0.4, -0.2) is 31.6 Å². The van der Waals surface area contributed by atoms with E-state index in [2.05, 4.69) is 19.9 Å². The van der Waals surface area contributed by atoms with E-state index in [-0.39, 0.29) is 11.9 Å². The van der Waals surface area contributed by atoms with Gasteiger partial charge in [-0.25, -0.2) is 0 Å². The van der Waals surface area contributed by atoms with Gasteiger partial charge in [-0.15, -0.1) is 0 Å². The molecule has 1 aliphatic rings. The average molecular weight is 353 g/mol. The number of benzene rings is 2. The molecule has 0 aliphatic carbocycles. The van der Waals surface area contributed by atoms with E-state index in [1.54, 1.807) is 14.2 Å². The van der Waals surface area contributed by atoms with Gasteiger partial charge in [-0.05, 0) is 54.7 Å². The van der Waals surface area contributed by atoms with Crippen molar-refractivity contribution in [2.24, 2.45) is 5.92 Å². The van der Waals surface area contributed by atoms with Gasteiger partial charge in [-0.1, -0.05) is 31.5 Å². The Hall–Kier alpha value is -2.49. The highest BCUT2D eigenvalue weighted by atomic mass is 16.5. The fraction of sp³-hybridized carbons (Fsp3) is 0.409. The van der Waals surface area contributed by atoms with Gasteiger partial charge in [0.1, 0.15) is 0 Å². The molecule has 2 aromatic rings. The molecule has 0 radical (unpaired) electrons. The van der Waals surface area contributed by atoms with Crippen LogP contribution in [0.5, 0.6) is 11.5 Å². The van der Waals surface area contributed by atoms with E-state index in [0.717, 1.165) is 28.9 Å². The maximum absolute atomic E-state index is 13.2. The van der Waals surface area contributed by atoms with E-state index in [9.17, 15) is 4.79 Å². The van der Waals surface area contributed by atoms with Crippen molar-refractivity contribution in [1.82, 2.24) is 4.90 Å². The monoisotopic (exact) mass is 353 g/mol. The van der Waals surface area contributed by atoms with Gasteiger partial charge in [0.15, 0.2) is 11.5 Å². The Bertz CT molecular complexity index is 813. The summed E-state index contributed by atoms with van der Waals surface area (Å²) in [6.07, 6.45) is 0.816.